The van der Waals surface area contributed by atoms with Gasteiger partial charge in [-0.1, -0.05) is 40.0 Å². The molecule has 0 aromatic rings. The Morgan fingerprint density at radius 3 is 0.722 bits per heavy atom. The summed E-state index contributed by atoms with van der Waals surface area (Å²) in [5.74, 6) is 0. The summed E-state index contributed by atoms with van der Waals surface area (Å²) in [5.41, 5.74) is 0. The van der Waals surface area contributed by atoms with E-state index >= 15 is 0 Å². The van der Waals surface area contributed by atoms with E-state index in [1.807, 2.05) is 0 Å². The van der Waals surface area contributed by atoms with Crippen molar-refractivity contribution in [2.45, 2.75) is 59.3 Å². The van der Waals surface area contributed by atoms with Crippen LogP contribution in [0.3, 0.4) is 0 Å². The van der Waals surface area contributed by atoms with E-state index in [-0.39, 0.29) is 25.8 Å². The van der Waals surface area contributed by atoms with Gasteiger partial charge in [0.1, 0.15) is 0 Å². The second kappa shape index (κ2) is 52.4. The summed E-state index contributed by atoms with van der Waals surface area (Å²) in [6.07, 6.45) is 6.11. The largest absolute Gasteiger partial charge is 0.400 e. The van der Waals surface area contributed by atoms with Crippen molar-refractivity contribution in [2.24, 2.45) is 0 Å². The van der Waals surface area contributed by atoms with Crippen molar-refractivity contribution in [3.8, 4) is 0 Å². The molecule has 0 spiro atoms. The molecule has 0 rings (SSSR count). The van der Waals surface area contributed by atoms with E-state index in [1.54, 1.807) is 0 Å². The Labute approximate surface area is 132 Å². The molecule has 0 aliphatic heterocycles. The first kappa shape index (κ1) is 31.2. The van der Waals surface area contributed by atoms with Crippen molar-refractivity contribution in [1.29, 1.82) is 0 Å². The predicted octanol–water partition coefficient (Wildman–Crippen LogP) is 1.94. The fourth-order valence-electron chi connectivity index (χ4n) is 0.474. The molecule has 4 nitrogen and oxygen atoms in total. The van der Waals surface area contributed by atoms with E-state index < -0.39 is 0 Å². The Balaban J connectivity index is -0.0000000427. The van der Waals surface area contributed by atoms with Crippen molar-refractivity contribution in [1.82, 2.24) is 0 Å². The molecule has 0 aliphatic rings. The first-order valence-corrected chi connectivity index (χ1v) is 6.52. The monoisotopic (exact) mass is 434 g/mol. The maximum absolute atomic E-state index is 8.07. The fourth-order valence-corrected chi connectivity index (χ4v) is 0.474. The Bertz CT molecular complexity index is 55.7. The van der Waals surface area contributed by atoms with Gasteiger partial charge < -0.3 is 20.4 Å². The summed E-state index contributed by atoms with van der Waals surface area (Å²) in [7, 11) is 1.00. The molecule has 0 heterocycles. The molecule has 0 saturated heterocycles. The van der Waals surface area contributed by atoms with Crippen LogP contribution in [0.1, 0.15) is 59.3 Å². The van der Waals surface area contributed by atoms with Crippen LogP contribution in [0.15, 0.2) is 0 Å². The third kappa shape index (κ3) is 91.6. The number of rotatable bonds is 6. The molecule has 0 unspecified atom stereocenters. The van der Waals surface area contributed by atoms with Crippen molar-refractivity contribution in [3.63, 3.8) is 0 Å². The molecule has 18 heavy (non-hydrogen) atoms. The van der Waals surface area contributed by atoms with Crippen LogP contribution in [0.4, 0.5) is 0 Å². The molecule has 0 aliphatic carbocycles. The molecular weight excluding hydrogens is 399 g/mol. The Morgan fingerprint density at radius 2 is 0.722 bits per heavy atom. The van der Waals surface area contributed by atoms with Gasteiger partial charge in [0.05, 0.1) is 0 Å². The molecule has 0 saturated carbocycles. The van der Waals surface area contributed by atoms with Gasteiger partial charge in [-0.15, -0.1) is 0 Å². The molecule has 0 atom stereocenters. The van der Waals surface area contributed by atoms with E-state index in [4.69, 9.17) is 20.4 Å². The van der Waals surface area contributed by atoms with Crippen LogP contribution < -0.4 is 0 Å². The number of unbranched alkanes of at least 4 members (excludes halogenated alkanes) is 3. The number of aliphatic hydroxyl groups is 4. The SMILES string of the molecule is CCCCO.CCCCO.CCCCO.CO.[Hf]. The van der Waals surface area contributed by atoms with Crippen LogP contribution >= 0.6 is 0 Å². The third-order valence-electron chi connectivity index (χ3n) is 1.54. The Hall–Kier alpha value is 0.710. The molecule has 0 amide bonds. The van der Waals surface area contributed by atoms with Crippen molar-refractivity contribution < 1.29 is 46.3 Å². The summed E-state index contributed by atoms with van der Waals surface area (Å²) in [6.45, 7) is 7.19. The average molecular weight is 433 g/mol. The van der Waals surface area contributed by atoms with Crippen LogP contribution in [-0.2, 0) is 25.8 Å². The zero-order chi connectivity index (χ0) is 14.4. The fraction of sp³-hybridized carbons (Fsp3) is 1.00. The van der Waals surface area contributed by atoms with Crippen molar-refractivity contribution >= 4 is 0 Å². The van der Waals surface area contributed by atoms with Crippen molar-refractivity contribution in [3.05, 3.63) is 0 Å². The standard InChI is InChI=1S/3C4H10O.CH4O.Hf/c3*1-2-3-4-5;1-2;/h3*5H,2-4H2,1H3;2H,1H3;. The number of hydrogen-bond acceptors (Lipinski definition) is 4. The molecule has 0 fully saturated rings. The topological polar surface area (TPSA) is 80.9 Å². The first-order valence-electron chi connectivity index (χ1n) is 6.52. The summed E-state index contributed by atoms with van der Waals surface area (Å²) >= 11 is 0. The van der Waals surface area contributed by atoms with Gasteiger partial charge >= 0.3 is 0 Å². The summed E-state index contributed by atoms with van der Waals surface area (Å²) in [6, 6.07) is 0. The predicted molar refractivity (Wildman–Crippen MR) is 74.1 cm³/mol. The van der Waals surface area contributed by atoms with Gasteiger partial charge in [0, 0.05) is 52.8 Å². The van der Waals surface area contributed by atoms with Crippen LogP contribution in [0.2, 0.25) is 0 Å². The molecule has 0 aromatic heterocycles. The quantitative estimate of drug-likeness (QED) is 0.484. The summed E-state index contributed by atoms with van der Waals surface area (Å²) in [5, 5.41) is 31.2. The Morgan fingerprint density at radius 1 is 0.556 bits per heavy atom. The average Bonchev–Trinajstić information content (AvgIpc) is 2.36. The molecule has 114 valence electrons. The molecule has 5 heteroatoms. The zero-order valence-corrected chi connectivity index (χ0v) is 16.2. The second-order valence-corrected chi connectivity index (χ2v) is 3.23. The smallest absolute Gasteiger partial charge is 0.0430 e. The van der Waals surface area contributed by atoms with Gasteiger partial charge in [0.2, 0.25) is 0 Å². The normalized spacial score (nSPS) is 7.33. The molecule has 0 aromatic carbocycles. The summed E-state index contributed by atoms with van der Waals surface area (Å²) < 4.78 is 0. The van der Waals surface area contributed by atoms with Gasteiger partial charge in [-0.25, -0.2) is 0 Å². The second-order valence-electron chi connectivity index (χ2n) is 3.23. The van der Waals surface area contributed by atoms with Crippen LogP contribution in [0.5, 0.6) is 0 Å². The zero-order valence-electron chi connectivity index (χ0n) is 12.7. The van der Waals surface area contributed by atoms with Crippen LogP contribution in [-0.4, -0.2) is 47.4 Å². The summed E-state index contributed by atoms with van der Waals surface area (Å²) in [4.78, 5) is 0. The minimum Gasteiger partial charge on any atom is -0.400 e. The van der Waals surface area contributed by atoms with Gasteiger partial charge in [0.25, 0.3) is 0 Å². The minimum absolute atomic E-state index is 0. The Kier molecular flexibility index (Phi) is 91.0. The molecular formula is C13H34HfO4. The van der Waals surface area contributed by atoms with E-state index in [0.29, 0.717) is 19.8 Å². The van der Waals surface area contributed by atoms with Gasteiger partial charge in [-0.2, -0.15) is 0 Å². The maximum atomic E-state index is 8.07. The number of aliphatic hydroxyl groups excluding tert-OH is 4. The van der Waals surface area contributed by atoms with Crippen LogP contribution in [0, 0.1) is 0 Å². The van der Waals surface area contributed by atoms with E-state index in [0.717, 1.165) is 45.6 Å². The van der Waals surface area contributed by atoms with Gasteiger partial charge in [-0.05, 0) is 19.3 Å². The van der Waals surface area contributed by atoms with E-state index in [1.165, 1.54) is 0 Å². The van der Waals surface area contributed by atoms with Gasteiger partial charge in [0.15, 0.2) is 0 Å². The van der Waals surface area contributed by atoms with Gasteiger partial charge in [-0.3, -0.25) is 0 Å². The van der Waals surface area contributed by atoms with Crippen molar-refractivity contribution in [2.75, 3.05) is 26.9 Å². The molecule has 4 N–H and O–H groups in total. The molecule has 0 radical (unpaired) electrons. The third-order valence-corrected chi connectivity index (χ3v) is 1.54. The first-order chi connectivity index (χ1) is 8.24. The number of hydrogen-bond donors (Lipinski definition) is 4. The van der Waals surface area contributed by atoms with E-state index in [9.17, 15) is 0 Å². The molecule has 0 bridgehead atoms. The van der Waals surface area contributed by atoms with E-state index in [2.05, 4.69) is 20.8 Å². The maximum Gasteiger partial charge on any atom is 0.0430 e. The minimum atomic E-state index is 0. The van der Waals surface area contributed by atoms with Crippen LogP contribution in [0.25, 0.3) is 0 Å².